The van der Waals surface area contributed by atoms with Gasteiger partial charge in [0.2, 0.25) is 0 Å². The van der Waals surface area contributed by atoms with E-state index in [1.54, 1.807) is 11.3 Å². The molecule has 0 amide bonds. The second-order valence-corrected chi connectivity index (χ2v) is 4.67. The number of fused-ring (bicyclic) bond motifs is 1. The van der Waals surface area contributed by atoms with E-state index in [2.05, 4.69) is 34.6 Å². The summed E-state index contributed by atoms with van der Waals surface area (Å²) in [5, 5.41) is 9.02. The molecule has 0 saturated carbocycles. The molecule has 0 aliphatic carbocycles. The third kappa shape index (κ3) is 3.68. The molecule has 0 spiro atoms. The Morgan fingerprint density at radius 3 is 2.42 bits per heavy atom. The molecule has 0 fully saturated rings. The average Bonchev–Trinajstić information content (AvgIpc) is 2.88. The third-order valence-electron chi connectivity index (χ3n) is 2.53. The summed E-state index contributed by atoms with van der Waals surface area (Å²) < 4.78 is 1.08. The van der Waals surface area contributed by atoms with Crippen molar-refractivity contribution in [3.05, 3.63) is 48.3 Å². The van der Waals surface area contributed by atoms with Crippen LogP contribution in [0.5, 0.6) is 0 Å². The first-order valence-electron chi connectivity index (χ1n) is 6.04. The fraction of sp³-hybridized carbons (Fsp3) is 0.200. The Hall–Kier alpha value is -0.636. The predicted octanol–water partition coefficient (Wildman–Crippen LogP) is 4.49. The molecule has 0 unspecified atom stereocenters. The first kappa shape index (κ1) is 16.4. The van der Waals surface area contributed by atoms with Crippen LogP contribution < -0.4 is 0 Å². The van der Waals surface area contributed by atoms with Crippen molar-refractivity contribution in [2.24, 2.45) is 0 Å². The van der Waals surface area contributed by atoms with Crippen LogP contribution >= 0.6 is 11.3 Å². The maximum Gasteiger partial charge on any atom is 0.0147 e. The number of hydrogen-bond acceptors (Lipinski definition) is 3. The Balaban J connectivity index is 0.000000576. The Bertz CT molecular complexity index is 635. The van der Waals surface area contributed by atoms with Crippen LogP contribution in [0.15, 0.2) is 36.4 Å². The summed E-state index contributed by atoms with van der Waals surface area (Å²) in [5.74, 6) is 0. The maximum absolute atomic E-state index is 4.02. The van der Waals surface area contributed by atoms with Crippen LogP contribution in [-0.2, 0) is 32.7 Å². The van der Waals surface area contributed by atoms with E-state index < -0.39 is 0 Å². The fourth-order valence-corrected chi connectivity index (χ4v) is 2.74. The summed E-state index contributed by atoms with van der Waals surface area (Å²) in [6, 6.07) is 12.5. The van der Waals surface area contributed by atoms with E-state index in [0.29, 0.717) is 0 Å². The molecule has 3 rings (SSSR count). The van der Waals surface area contributed by atoms with E-state index in [9.17, 15) is 0 Å². The van der Waals surface area contributed by atoms with E-state index in [4.69, 9.17) is 0 Å². The van der Waals surface area contributed by atoms with Gasteiger partial charge in [-0.05, 0) is 18.2 Å². The van der Waals surface area contributed by atoms with Gasteiger partial charge in [-0.2, -0.15) is 16.4 Å². The summed E-state index contributed by atoms with van der Waals surface area (Å²) >= 11 is 1.71. The molecule has 0 aliphatic heterocycles. The molecule has 2 heterocycles. The summed E-state index contributed by atoms with van der Waals surface area (Å²) in [7, 11) is 0. The van der Waals surface area contributed by atoms with E-state index in [-0.39, 0.29) is 32.7 Å². The van der Waals surface area contributed by atoms with Gasteiger partial charge in [-0.1, -0.05) is 44.2 Å². The molecule has 0 N–H and O–H groups in total. The Morgan fingerprint density at radius 2 is 1.79 bits per heavy atom. The minimum absolute atomic E-state index is 0. The molecule has 1 aromatic carbocycles. The van der Waals surface area contributed by atoms with Crippen molar-refractivity contribution in [2.75, 3.05) is 0 Å². The van der Waals surface area contributed by atoms with E-state index in [1.165, 1.54) is 10.4 Å². The molecule has 95 valence electrons. The summed E-state index contributed by atoms with van der Waals surface area (Å²) in [6.07, 6.45) is 2.94. The van der Waals surface area contributed by atoms with Crippen LogP contribution in [0.1, 0.15) is 19.5 Å². The van der Waals surface area contributed by atoms with Crippen molar-refractivity contribution < 1.29 is 32.7 Å². The largest absolute Gasteiger partial charge is 0.266 e. The fourth-order valence-electron chi connectivity index (χ4n) is 1.69. The van der Waals surface area contributed by atoms with Crippen molar-refractivity contribution in [1.82, 2.24) is 10.2 Å². The zero-order chi connectivity index (χ0) is 13.0. The van der Waals surface area contributed by atoms with Gasteiger partial charge in [0.05, 0.1) is 0 Å². The standard InChI is InChI=1S/C13H9N2S.C2H6.Y/c1-9-11-7-12(10-5-3-2-4-6-10)16-13(11)8-14-15-9;1-2;/h2-7H,1H3;1-2H3;/q-1;;. The van der Waals surface area contributed by atoms with Crippen LogP contribution in [0.2, 0.25) is 0 Å². The minimum Gasteiger partial charge on any atom is -0.266 e. The number of aryl methyl sites for hydroxylation is 1. The molecule has 4 heteroatoms. The zero-order valence-electron chi connectivity index (χ0n) is 11.3. The van der Waals surface area contributed by atoms with Crippen molar-refractivity contribution in [2.45, 2.75) is 20.8 Å². The molecule has 3 aromatic rings. The quantitative estimate of drug-likeness (QED) is 0.608. The molecule has 2 aromatic heterocycles. The smallest absolute Gasteiger partial charge is 0.0147 e. The first-order valence-corrected chi connectivity index (χ1v) is 6.86. The number of thiophene rings is 1. The molecular formula is C15H15N2SY-. The van der Waals surface area contributed by atoms with Crippen LogP contribution in [-0.4, -0.2) is 10.2 Å². The van der Waals surface area contributed by atoms with Crippen LogP contribution in [0.25, 0.3) is 20.5 Å². The first-order chi connectivity index (χ1) is 8.84. The van der Waals surface area contributed by atoms with Crippen molar-refractivity contribution in [3.8, 4) is 10.4 Å². The summed E-state index contributed by atoms with van der Waals surface area (Å²) in [4.78, 5) is 1.24. The van der Waals surface area contributed by atoms with Crippen molar-refractivity contribution in [1.29, 1.82) is 0 Å². The van der Waals surface area contributed by atoms with Gasteiger partial charge in [0.1, 0.15) is 0 Å². The van der Waals surface area contributed by atoms with Gasteiger partial charge < -0.3 is 0 Å². The van der Waals surface area contributed by atoms with Gasteiger partial charge in [0.25, 0.3) is 0 Å². The summed E-state index contributed by atoms with van der Waals surface area (Å²) in [6.45, 7) is 5.98. The van der Waals surface area contributed by atoms with Gasteiger partial charge in [-0.25, -0.2) is 0 Å². The monoisotopic (exact) mass is 344 g/mol. The molecule has 0 atom stereocenters. The second-order valence-electron chi connectivity index (χ2n) is 3.62. The molecular weight excluding hydrogens is 329 g/mol. The number of aromatic nitrogens is 2. The zero-order valence-corrected chi connectivity index (χ0v) is 15.0. The SMILES string of the molecule is CC.Cc1nn[c-]c2sc(-c3ccccc3)cc12.[Y]. The van der Waals surface area contributed by atoms with E-state index in [1.807, 2.05) is 39.0 Å². The topological polar surface area (TPSA) is 25.8 Å². The van der Waals surface area contributed by atoms with Crippen LogP contribution in [0.3, 0.4) is 0 Å². The summed E-state index contributed by atoms with van der Waals surface area (Å²) in [5.41, 5.74) is 2.20. The van der Waals surface area contributed by atoms with Gasteiger partial charge in [0, 0.05) is 37.6 Å². The van der Waals surface area contributed by atoms with Crippen LogP contribution in [0, 0.1) is 13.1 Å². The number of hydrogen-bond donors (Lipinski definition) is 0. The van der Waals surface area contributed by atoms with E-state index >= 15 is 0 Å². The van der Waals surface area contributed by atoms with Gasteiger partial charge in [-0.3, -0.25) is 5.10 Å². The molecule has 2 nitrogen and oxygen atoms in total. The molecule has 19 heavy (non-hydrogen) atoms. The Labute approximate surface area is 143 Å². The predicted molar refractivity (Wildman–Crippen MR) is 77.8 cm³/mol. The van der Waals surface area contributed by atoms with Crippen molar-refractivity contribution in [3.63, 3.8) is 0 Å². The van der Waals surface area contributed by atoms with E-state index in [0.717, 1.165) is 15.8 Å². The third-order valence-corrected chi connectivity index (χ3v) is 3.62. The molecule has 0 aliphatic rings. The molecule has 0 saturated heterocycles. The molecule has 0 bridgehead atoms. The maximum atomic E-state index is 4.02. The molecule has 1 radical (unpaired) electrons. The Morgan fingerprint density at radius 1 is 1.11 bits per heavy atom. The normalized spacial score (nSPS) is 9.42. The Kier molecular flexibility index (Phi) is 6.77. The van der Waals surface area contributed by atoms with Gasteiger partial charge in [-0.15, -0.1) is 22.3 Å². The van der Waals surface area contributed by atoms with Crippen LogP contribution in [0.4, 0.5) is 0 Å². The van der Waals surface area contributed by atoms with Gasteiger partial charge >= 0.3 is 0 Å². The second kappa shape index (κ2) is 7.83. The average molecular weight is 344 g/mol. The van der Waals surface area contributed by atoms with Gasteiger partial charge in [0.15, 0.2) is 0 Å². The minimum atomic E-state index is 0. The number of benzene rings is 1. The number of rotatable bonds is 1. The number of nitrogens with zero attached hydrogens (tertiary/aromatic N) is 2. The van der Waals surface area contributed by atoms with Crippen molar-refractivity contribution >= 4 is 21.4 Å².